The van der Waals surface area contributed by atoms with Gasteiger partial charge in [0, 0.05) is 12.3 Å². The predicted molar refractivity (Wildman–Crippen MR) is 45.9 cm³/mol. The van der Waals surface area contributed by atoms with Gasteiger partial charge in [0.2, 0.25) is 0 Å². The van der Waals surface area contributed by atoms with Gasteiger partial charge in [0.15, 0.2) is 0 Å². The number of aromatic nitrogens is 1. The van der Waals surface area contributed by atoms with Gasteiger partial charge in [0.1, 0.15) is 11.4 Å². The van der Waals surface area contributed by atoms with Crippen LogP contribution < -0.4 is 4.74 Å². The van der Waals surface area contributed by atoms with Crippen LogP contribution in [0.25, 0.3) is 0 Å². The quantitative estimate of drug-likeness (QED) is 0.736. The summed E-state index contributed by atoms with van der Waals surface area (Å²) >= 11 is 5.17. The van der Waals surface area contributed by atoms with Gasteiger partial charge in [-0.25, -0.2) is 8.78 Å². The molecule has 0 fully saturated rings. The zero-order chi connectivity index (χ0) is 10.7. The van der Waals surface area contributed by atoms with Crippen molar-refractivity contribution in [3.63, 3.8) is 0 Å². The van der Waals surface area contributed by atoms with Gasteiger partial charge in [-0.2, -0.15) is 0 Å². The lowest BCUT2D eigenvalue weighted by atomic mass is 10.2. The van der Waals surface area contributed by atoms with Crippen molar-refractivity contribution < 1.29 is 18.3 Å². The van der Waals surface area contributed by atoms with Crippen molar-refractivity contribution in [1.29, 1.82) is 0 Å². The summed E-state index contributed by atoms with van der Waals surface area (Å²) in [7, 11) is 1.26. The molecule has 1 aromatic heterocycles. The molecule has 1 aromatic rings. The molecular formula is C8H6ClF2NO2. The number of methoxy groups -OCH3 is 1. The Balaban J connectivity index is 3.18. The summed E-state index contributed by atoms with van der Waals surface area (Å²) in [5.74, 6) is -0.00435. The zero-order valence-electron chi connectivity index (χ0n) is 7.13. The normalized spacial score (nSPS) is 10.4. The Morgan fingerprint density at radius 2 is 2.29 bits per heavy atom. The van der Waals surface area contributed by atoms with Crippen LogP contribution in [0.15, 0.2) is 12.3 Å². The van der Waals surface area contributed by atoms with E-state index >= 15 is 0 Å². The van der Waals surface area contributed by atoms with E-state index in [1.807, 2.05) is 0 Å². The monoisotopic (exact) mass is 221 g/mol. The fourth-order valence-electron chi connectivity index (χ4n) is 0.888. The van der Waals surface area contributed by atoms with E-state index in [4.69, 9.17) is 16.3 Å². The maximum absolute atomic E-state index is 12.2. The van der Waals surface area contributed by atoms with E-state index in [1.54, 1.807) is 0 Å². The molecule has 0 aliphatic carbocycles. The van der Waals surface area contributed by atoms with Gasteiger partial charge in [0.05, 0.1) is 12.7 Å². The lowest BCUT2D eigenvalue weighted by molar-refractivity contribution is 0.107. The van der Waals surface area contributed by atoms with Crippen molar-refractivity contribution in [2.24, 2.45) is 0 Å². The number of hydrogen-bond acceptors (Lipinski definition) is 3. The van der Waals surface area contributed by atoms with Crippen molar-refractivity contribution >= 4 is 16.8 Å². The molecule has 3 nitrogen and oxygen atoms in total. The van der Waals surface area contributed by atoms with Crippen molar-refractivity contribution in [2.45, 2.75) is 6.43 Å². The summed E-state index contributed by atoms with van der Waals surface area (Å²) in [5, 5.41) is -0.796. The van der Waals surface area contributed by atoms with Gasteiger partial charge in [-0.3, -0.25) is 9.78 Å². The summed E-state index contributed by atoms with van der Waals surface area (Å²) < 4.78 is 29.1. The third-order valence-corrected chi connectivity index (χ3v) is 1.75. The largest absolute Gasteiger partial charge is 0.496 e. The SMILES string of the molecule is COc1cc(C(F)F)ncc1C(=O)Cl. The molecule has 0 amide bonds. The van der Waals surface area contributed by atoms with E-state index < -0.39 is 17.4 Å². The second kappa shape index (κ2) is 4.32. The third kappa shape index (κ3) is 2.17. The zero-order valence-corrected chi connectivity index (χ0v) is 7.89. The standard InChI is InChI=1S/C8H6ClF2NO2/c1-14-6-2-5(8(10)11)12-3-4(6)7(9)13/h2-3,8H,1H3. The van der Waals surface area contributed by atoms with Crippen molar-refractivity contribution in [3.8, 4) is 5.75 Å². The molecule has 0 spiro atoms. The van der Waals surface area contributed by atoms with Gasteiger partial charge in [-0.15, -0.1) is 0 Å². The Hall–Kier alpha value is -1.23. The number of ether oxygens (including phenoxy) is 1. The molecular weight excluding hydrogens is 216 g/mol. The first-order chi connectivity index (χ1) is 6.56. The van der Waals surface area contributed by atoms with Crippen LogP contribution in [0, 0.1) is 0 Å². The molecule has 0 N–H and O–H groups in total. The molecule has 6 heteroatoms. The Kier molecular flexibility index (Phi) is 3.35. The number of carbonyl (C=O) groups is 1. The lowest BCUT2D eigenvalue weighted by Crippen LogP contribution is -1.99. The van der Waals surface area contributed by atoms with Gasteiger partial charge >= 0.3 is 0 Å². The molecule has 0 aliphatic heterocycles. The van der Waals surface area contributed by atoms with E-state index in [0.29, 0.717) is 0 Å². The Morgan fingerprint density at radius 1 is 1.64 bits per heavy atom. The number of rotatable bonds is 3. The second-order valence-electron chi connectivity index (χ2n) is 2.38. The number of pyridine rings is 1. The number of hydrogen-bond donors (Lipinski definition) is 0. The minimum Gasteiger partial charge on any atom is -0.496 e. The van der Waals surface area contributed by atoms with Crippen molar-refractivity contribution in [3.05, 3.63) is 23.5 Å². The van der Waals surface area contributed by atoms with Gasteiger partial charge in [0.25, 0.3) is 11.7 Å². The number of alkyl halides is 2. The minimum atomic E-state index is -2.71. The van der Waals surface area contributed by atoms with Crippen molar-refractivity contribution in [2.75, 3.05) is 7.11 Å². The van der Waals surface area contributed by atoms with Gasteiger partial charge in [-0.1, -0.05) is 0 Å². The molecule has 0 unspecified atom stereocenters. The highest BCUT2D eigenvalue weighted by Gasteiger charge is 2.15. The molecule has 1 heterocycles. The summed E-state index contributed by atoms with van der Waals surface area (Å²) in [5.41, 5.74) is -0.484. The van der Waals surface area contributed by atoms with E-state index in [2.05, 4.69) is 4.98 Å². The summed E-state index contributed by atoms with van der Waals surface area (Å²) in [6.07, 6.45) is -1.74. The first-order valence-corrected chi connectivity index (χ1v) is 3.96. The minimum absolute atomic E-state index is 0.00435. The highest BCUT2D eigenvalue weighted by atomic mass is 35.5. The Labute approximate surface area is 83.7 Å². The van der Waals surface area contributed by atoms with Crippen LogP contribution in [0.5, 0.6) is 5.75 Å². The fraction of sp³-hybridized carbons (Fsp3) is 0.250. The summed E-state index contributed by atoms with van der Waals surface area (Å²) in [6.45, 7) is 0. The molecule has 0 bridgehead atoms. The Morgan fingerprint density at radius 3 is 2.71 bits per heavy atom. The topological polar surface area (TPSA) is 39.2 Å². The summed E-state index contributed by atoms with van der Waals surface area (Å²) in [6, 6.07) is 0.986. The highest BCUT2D eigenvalue weighted by molar-refractivity contribution is 6.68. The number of halogens is 3. The molecule has 1 rings (SSSR count). The maximum Gasteiger partial charge on any atom is 0.280 e. The van der Waals surface area contributed by atoms with Crippen LogP contribution in [0.2, 0.25) is 0 Å². The van der Waals surface area contributed by atoms with Crippen LogP contribution in [0.1, 0.15) is 22.5 Å². The van der Waals surface area contributed by atoms with E-state index in [1.165, 1.54) is 7.11 Å². The molecule has 0 aromatic carbocycles. The van der Waals surface area contributed by atoms with Crippen LogP contribution >= 0.6 is 11.6 Å². The average molecular weight is 222 g/mol. The molecule has 76 valence electrons. The van der Waals surface area contributed by atoms with Crippen LogP contribution in [0.4, 0.5) is 8.78 Å². The predicted octanol–water partition coefficient (Wildman–Crippen LogP) is 2.41. The lowest BCUT2D eigenvalue weighted by Gasteiger charge is -2.06. The third-order valence-electron chi connectivity index (χ3n) is 1.54. The Bertz CT molecular complexity index is 357. The van der Waals surface area contributed by atoms with Crippen LogP contribution in [0.3, 0.4) is 0 Å². The smallest absolute Gasteiger partial charge is 0.280 e. The van der Waals surface area contributed by atoms with E-state index in [0.717, 1.165) is 12.3 Å². The fourth-order valence-corrected chi connectivity index (χ4v) is 1.03. The molecule has 14 heavy (non-hydrogen) atoms. The maximum atomic E-state index is 12.2. The average Bonchev–Trinajstić information content (AvgIpc) is 2.16. The molecule has 0 radical (unpaired) electrons. The van der Waals surface area contributed by atoms with Gasteiger partial charge < -0.3 is 4.74 Å². The molecule has 0 saturated carbocycles. The number of carbonyl (C=O) groups excluding carboxylic acids is 1. The van der Waals surface area contributed by atoms with Crippen LogP contribution in [-0.4, -0.2) is 17.3 Å². The second-order valence-corrected chi connectivity index (χ2v) is 2.73. The molecule has 0 atom stereocenters. The summed E-state index contributed by atoms with van der Waals surface area (Å²) in [4.78, 5) is 14.1. The first kappa shape index (κ1) is 10.8. The van der Waals surface area contributed by atoms with Crippen molar-refractivity contribution in [1.82, 2.24) is 4.98 Å². The highest BCUT2D eigenvalue weighted by Crippen LogP contribution is 2.25. The van der Waals surface area contributed by atoms with E-state index in [-0.39, 0.29) is 11.3 Å². The van der Waals surface area contributed by atoms with Gasteiger partial charge in [-0.05, 0) is 11.6 Å². The molecule has 0 saturated heterocycles. The molecule has 0 aliphatic rings. The first-order valence-electron chi connectivity index (χ1n) is 3.58. The van der Waals surface area contributed by atoms with E-state index in [9.17, 15) is 13.6 Å². The van der Waals surface area contributed by atoms with Crippen LogP contribution in [-0.2, 0) is 0 Å². The number of nitrogens with zero attached hydrogens (tertiary/aromatic N) is 1.